The van der Waals surface area contributed by atoms with Crippen molar-refractivity contribution in [2.45, 2.75) is 47.0 Å². The molecule has 0 unspecified atom stereocenters. The minimum absolute atomic E-state index is 0.170. The highest BCUT2D eigenvalue weighted by molar-refractivity contribution is 5.65. The second-order valence-corrected chi connectivity index (χ2v) is 5.01. The fourth-order valence-electron chi connectivity index (χ4n) is 2.30. The molecule has 15 heavy (non-hydrogen) atoms. The summed E-state index contributed by atoms with van der Waals surface area (Å²) in [6.45, 7) is 8.82. The van der Waals surface area contributed by atoms with Gasteiger partial charge in [0.2, 0.25) is 0 Å². The number of rotatable bonds is 3. The van der Waals surface area contributed by atoms with Crippen LogP contribution in [0.1, 0.15) is 47.0 Å². The third-order valence-corrected chi connectivity index (χ3v) is 3.77. The van der Waals surface area contributed by atoms with Gasteiger partial charge in [0, 0.05) is 6.92 Å². The summed E-state index contributed by atoms with van der Waals surface area (Å²) in [6, 6.07) is 0. The minimum Gasteiger partial charge on any atom is -0.466 e. The van der Waals surface area contributed by atoms with Crippen LogP contribution in [0.2, 0.25) is 0 Å². The Kier molecular flexibility index (Phi) is 3.95. The van der Waals surface area contributed by atoms with E-state index in [0.29, 0.717) is 12.5 Å². The Hall–Kier alpha value is -0.790. The van der Waals surface area contributed by atoms with E-state index in [0.717, 1.165) is 6.42 Å². The molecule has 0 aromatic carbocycles. The lowest BCUT2D eigenvalue weighted by Crippen LogP contribution is -2.29. The first-order valence-electron chi connectivity index (χ1n) is 5.75. The first-order chi connectivity index (χ1) is 6.94. The van der Waals surface area contributed by atoms with Crippen LogP contribution in [0.15, 0.2) is 11.6 Å². The molecule has 0 aromatic heterocycles. The van der Waals surface area contributed by atoms with Crippen LogP contribution in [0, 0.1) is 11.3 Å². The van der Waals surface area contributed by atoms with Gasteiger partial charge < -0.3 is 4.74 Å². The van der Waals surface area contributed by atoms with E-state index in [9.17, 15) is 4.79 Å². The molecule has 0 fully saturated rings. The van der Waals surface area contributed by atoms with E-state index in [1.807, 2.05) is 0 Å². The fraction of sp³-hybridized carbons (Fsp3) is 0.769. The molecule has 2 heteroatoms. The number of allylic oxidation sites excluding steroid dienone is 2. The molecule has 86 valence electrons. The maximum Gasteiger partial charge on any atom is 0.302 e. The minimum atomic E-state index is -0.170. The van der Waals surface area contributed by atoms with E-state index < -0.39 is 0 Å². The summed E-state index contributed by atoms with van der Waals surface area (Å²) >= 11 is 0. The van der Waals surface area contributed by atoms with Crippen LogP contribution < -0.4 is 0 Å². The van der Waals surface area contributed by atoms with Crippen LogP contribution in [0.4, 0.5) is 0 Å². The quantitative estimate of drug-likeness (QED) is 0.527. The van der Waals surface area contributed by atoms with Crippen molar-refractivity contribution in [3.05, 3.63) is 11.6 Å². The van der Waals surface area contributed by atoms with E-state index in [-0.39, 0.29) is 11.4 Å². The van der Waals surface area contributed by atoms with Crippen molar-refractivity contribution >= 4 is 5.97 Å². The molecule has 2 nitrogen and oxygen atoms in total. The van der Waals surface area contributed by atoms with Gasteiger partial charge in [-0.1, -0.05) is 25.5 Å². The highest BCUT2D eigenvalue weighted by Gasteiger charge is 2.32. The molecule has 0 heterocycles. The van der Waals surface area contributed by atoms with Gasteiger partial charge in [-0.15, -0.1) is 0 Å². The van der Waals surface area contributed by atoms with E-state index in [2.05, 4.69) is 26.8 Å². The summed E-state index contributed by atoms with van der Waals surface area (Å²) in [5.74, 6) is 0.470. The molecule has 1 rings (SSSR count). The van der Waals surface area contributed by atoms with Gasteiger partial charge in [-0.3, -0.25) is 4.79 Å². The number of carbonyl (C=O) groups excluding carboxylic acids is 1. The summed E-state index contributed by atoms with van der Waals surface area (Å²) in [5.41, 5.74) is 1.74. The average molecular weight is 210 g/mol. The Balaban J connectivity index is 2.48. The third-order valence-electron chi connectivity index (χ3n) is 3.77. The molecule has 0 spiro atoms. The number of carbonyl (C=O) groups is 1. The molecule has 0 radical (unpaired) electrons. The Morgan fingerprint density at radius 2 is 2.27 bits per heavy atom. The lowest BCUT2D eigenvalue weighted by atomic mass is 9.67. The predicted octanol–water partition coefficient (Wildman–Crippen LogP) is 3.32. The number of ether oxygens (including phenoxy) is 1. The number of hydrogen-bond acceptors (Lipinski definition) is 2. The van der Waals surface area contributed by atoms with Gasteiger partial charge in [0.25, 0.3) is 0 Å². The monoisotopic (exact) mass is 210 g/mol. The summed E-state index contributed by atoms with van der Waals surface area (Å²) in [7, 11) is 0. The third kappa shape index (κ3) is 3.08. The Labute approximate surface area is 92.7 Å². The van der Waals surface area contributed by atoms with Crippen molar-refractivity contribution in [1.29, 1.82) is 0 Å². The van der Waals surface area contributed by atoms with Gasteiger partial charge in [0.15, 0.2) is 0 Å². The van der Waals surface area contributed by atoms with Crippen molar-refractivity contribution in [2.75, 3.05) is 6.61 Å². The van der Waals surface area contributed by atoms with Crippen molar-refractivity contribution in [3.63, 3.8) is 0 Å². The maximum atomic E-state index is 10.7. The first-order valence-corrected chi connectivity index (χ1v) is 5.75. The lowest BCUT2D eigenvalue weighted by Gasteiger charge is -2.38. The van der Waals surface area contributed by atoms with Gasteiger partial charge in [-0.2, -0.15) is 0 Å². The average Bonchev–Trinajstić information content (AvgIpc) is 2.12. The Bertz CT molecular complexity index is 264. The molecule has 0 saturated carbocycles. The van der Waals surface area contributed by atoms with Gasteiger partial charge in [0.05, 0.1) is 6.61 Å². The topological polar surface area (TPSA) is 26.3 Å². The number of hydrogen-bond donors (Lipinski definition) is 0. The van der Waals surface area contributed by atoms with Crippen molar-refractivity contribution < 1.29 is 9.53 Å². The highest BCUT2D eigenvalue weighted by Crippen LogP contribution is 2.42. The standard InChI is InChI=1S/C13H22O2/c1-10-6-5-7-12(13(10,3)4)8-9-15-11(2)14/h6,12H,5,7-9H2,1-4H3/t12-/m1/s1. The second kappa shape index (κ2) is 4.82. The van der Waals surface area contributed by atoms with Gasteiger partial charge in [0.1, 0.15) is 0 Å². The van der Waals surface area contributed by atoms with Crippen molar-refractivity contribution in [3.8, 4) is 0 Å². The van der Waals surface area contributed by atoms with Crippen molar-refractivity contribution in [1.82, 2.24) is 0 Å². The Morgan fingerprint density at radius 3 is 2.87 bits per heavy atom. The normalized spacial score (nSPS) is 24.5. The van der Waals surface area contributed by atoms with Crippen LogP contribution in [0.25, 0.3) is 0 Å². The highest BCUT2D eigenvalue weighted by atomic mass is 16.5. The summed E-state index contributed by atoms with van der Waals surface area (Å²) in [5, 5.41) is 0. The summed E-state index contributed by atoms with van der Waals surface area (Å²) < 4.78 is 5.01. The molecule has 0 N–H and O–H groups in total. The second-order valence-electron chi connectivity index (χ2n) is 5.01. The van der Waals surface area contributed by atoms with Crippen molar-refractivity contribution in [2.24, 2.45) is 11.3 Å². The largest absolute Gasteiger partial charge is 0.466 e. The van der Waals surface area contributed by atoms with E-state index in [1.54, 1.807) is 0 Å². The predicted molar refractivity (Wildman–Crippen MR) is 61.5 cm³/mol. The van der Waals surface area contributed by atoms with Gasteiger partial charge in [-0.05, 0) is 37.5 Å². The van der Waals surface area contributed by atoms with E-state index in [1.165, 1.54) is 25.3 Å². The SMILES string of the molecule is CC(=O)OCC[C@H]1CCC=C(C)C1(C)C. The molecule has 0 saturated heterocycles. The lowest BCUT2D eigenvalue weighted by molar-refractivity contribution is -0.141. The summed E-state index contributed by atoms with van der Waals surface area (Å²) in [6.07, 6.45) is 5.70. The van der Waals surface area contributed by atoms with Crippen LogP contribution in [-0.2, 0) is 9.53 Å². The maximum absolute atomic E-state index is 10.7. The molecular weight excluding hydrogens is 188 g/mol. The smallest absolute Gasteiger partial charge is 0.302 e. The van der Waals surface area contributed by atoms with Gasteiger partial charge in [-0.25, -0.2) is 0 Å². The fourth-order valence-corrected chi connectivity index (χ4v) is 2.30. The first kappa shape index (κ1) is 12.3. The zero-order valence-electron chi connectivity index (χ0n) is 10.3. The van der Waals surface area contributed by atoms with Crippen LogP contribution in [-0.4, -0.2) is 12.6 Å². The number of esters is 1. The Morgan fingerprint density at radius 1 is 1.60 bits per heavy atom. The molecule has 0 amide bonds. The molecule has 0 aliphatic heterocycles. The summed E-state index contributed by atoms with van der Waals surface area (Å²) in [4.78, 5) is 10.7. The molecule has 0 bridgehead atoms. The molecule has 1 aliphatic carbocycles. The zero-order valence-corrected chi connectivity index (χ0v) is 10.3. The van der Waals surface area contributed by atoms with E-state index >= 15 is 0 Å². The van der Waals surface area contributed by atoms with Crippen LogP contribution >= 0.6 is 0 Å². The zero-order chi connectivity index (χ0) is 11.5. The molecule has 0 aromatic rings. The molecule has 1 aliphatic rings. The van der Waals surface area contributed by atoms with Crippen LogP contribution in [0.3, 0.4) is 0 Å². The molecule has 1 atom stereocenters. The van der Waals surface area contributed by atoms with Crippen LogP contribution in [0.5, 0.6) is 0 Å². The van der Waals surface area contributed by atoms with Gasteiger partial charge >= 0.3 is 5.97 Å². The molecular formula is C13H22O2. The van der Waals surface area contributed by atoms with E-state index in [4.69, 9.17) is 4.74 Å².